The molecule has 1 aliphatic rings. The first-order valence-electron chi connectivity index (χ1n) is 7.68. The summed E-state index contributed by atoms with van der Waals surface area (Å²) in [6, 6.07) is 5.83. The molecule has 2 aromatic rings. The predicted molar refractivity (Wildman–Crippen MR) is 90.7 cm³/mol. The number of rotatable bonds is 5. The molecule has 1 amide bonds. The number of nitrogens with one attached hydrogen (secondary N) is 4. The number of anilines is 4. The summed E-state index contributed by atoms with van der Waals surface area (Å²) in [6.07, 6.45) is 3.04. The van der Waals surface area contributed by atoms with E-state index < -0.39 is 0 Å². The second-order valence-electron chi connectivity index (χ2n) is 5.43. The molecule has 2 heterocycles. The lowest BCUT2D eigenvalue weighted by atomic mass is 10.0. The van der Waals surface area contributed by atoms with E-state index in [1.54, 1.807) is 6.20 Å². The number of fused-ring (bicyclic) bond motifs is 1. The van der Waals surface area contributed by atoms with Gasteiger partial charge in [-0.15, -0.1) is 0 Å². The van der Waals surface area contributed by atoms with E-state index in [4.69, 9.17) is 0 Å². The number of amides is 1. The highest BCUT2D eigenvalue weighted by Gasteiger charge is 2.15. The first-order chi connectivity index (χ1) is 11.2. The number of hydrogen-bond acceptors (Lipinski definition) is 6. The smallest absolute Gasteiger partial charge is 0.229 e. The van der Waals surface area contributed by atoms with Crippen LogP contribution in [0.3, 0.4) is 0 Å². The van der Waals surface area contributed by atoms with Crippen molar-refractivity contribution in [2.24, 2.45) is 0 Å². The molecule has 0 saturated carbocycles. The lowest BCUT2D eigenvalue weighted by Crippen LogP contribution is -2.22. The van der Waals surface area contributed by atoms with Crippen molar-refractivity contribution >= 4 is 29.0 Å². The van der Waals surface area contributed by atoms with Crippen molar-refractivity contribution < 1.29 is 4.79 Å². The Morgan fingerprint density at radius 3 is 3.00 bits per heavy atom. The Kier molecular flexibility index (Phi) is 4.38. The van der Waals surface area contributed by atoms with Crippen LogP contribution in [0, 0.1) is 6.92 Å². The van der Waals surface area contributed by atoms with Gasteiger partial charge < -0.3 is 16.1 Å². The minimum Gasteiger partial charge on any atom is -0.326 e. The molecule has 0 radical (unpaired) electrons. The van der Waals surface area contributed by atoms with Crippen molar-refractivity contribution in [1.29, 1.82) is 0 Å². The molecule has 0 bridgehead atoms. The van der Waals surface area contributed by atoms with Crippen LogP contribution in [0.5, 0.6) is 0 Å². The number of aryl methyl sites for hydroxylation is 2. The fraction of sp³-hybridized carbons (Fsp3) is 0.312. The molecule has 0 saturated heterocycles. The molecule has 1 aromatic carbocycles. The highest BCUT2D eigenvalue weighted by Crippen LogP contribution is 2.27. The van der Waals surface area contributed by atoms with Crippen LogP contribution in [0.1, 0.15) is 24.5 Å². The van der Waals surface area contributed by atoms with E-state index in [-0.39, 0.29) is 5.91 Å². The fourth-order valence-corrected chi connectivity index (χ4v) is 2.39. The van der Waals surface area contributed by atoms with Gasteiger partial charge in [-0.3, -0.25) is 4.79 Å². The first-order valence-corrected chi connectivity index (χ1v) is 7.68. The molecular formula is C16H20N6O. The van der Waals surface area contributed by atoms with Gasteiger partial charge in [-0.05, 0) is 37.1 Å². The summed E-state index contributed by atoms with van der Waals surface area (Å²) in [5.74, 6) is 1.34. The molecule has 3 rings (SSSR count). The van der Waals surface area contributed by atoms with Crippen LogP contribution in [0.25, 0.3) is 0 Å². The molecular weight excluding hydrogens is 292 g/mol. The van der Waals surface area contributed by atoms with Gasteiger partial charge >= 0.3 is 0 Å². The Labute approximate surface area is 134 Å². The summed E-state index contributed by atoms with van der Waals surface area (Å²) in [7, 11) is 0. The molecule has 0 spiro atoms. The van der Waals surface area contributed by atoms with Crippen molar-refractivity contribution in [1.82, 2.24) is 15.4 Å². The van der Waals surface area contributed by atoms with Crippen LogP contribution in [0.4, 0.5) is 23.1 Å². The summed E-state index contributed by atoms with van der Waals surface area (Å²) >= 11 is 0. The summed E-state index contributed by atoms with van der Waals surface area (Å²) in [6.45, 7) is 4.75. The molecule has 7 nitrogen and oxygen atoms in total. The summed E-state index contributed by atoms with van der Waals surface area (Å²) in [5, 5.41) is 6.08. The van der Waals surface area contributed by atoms with Gasteiger partial charge in [0, 0.05) is 36.1 Å². The van der Waals surface area contributed by atoms with Gasteiger partial charge in [0.05, 0.1) is 0 Å². The van der Waals surface area contributed by atoms with Gasteiger partial charge in [-0.25, -0.2) is 10.4 Å². The molecule has 1 aromatic heterocycles. The summed E-state index contributed by atoms with van der Waals surface area (Å²) < 4.78 is 0. The van der Waals surface area contributed by atoms with Crippen molar-refractivity contribution in [3.8, 4) is 0 Å². The van der Waals surface area contributed by atoms with Crippen LogP contribution in [-0.2, 0) is 11.2 Å². The van der Waals surface area contributed by atoms with Crippen LogP contribution in [0.15, 0.2) is 24.4 Å². The number of aromatic nitrogens is 2. The average molecular weight is 312 g/mol. The Hall–Kier alpha value is -2.67. The predicted octanol–water partition coefficient (Wildman–Crippen LogP) is 2.35. The summed E-state index contributed by atoms with van der Waals surface area (Å²) in [5.41, 5.74) is 9.95. The number of benzene rings is 1. The minimum absolute atomic E-state index is 0.0687. The van der Waals surface area contributed by atoms with Crippen molar-refractivity contribution in [2.75, 3.05) is 22.6 Å². The Morgan fingerprint density at radius 2 is 2.17 bits per heavy atom. The van der Waals surface area contributed by atoms with Crippen molar-refractivity contribution in [3.05, 3.63) is 35.5 Å². The molecule has 120 valence electrons. The van der Waals surface area contributed by atoms with E-state index in [9.17, 15) is 4.79 Å². The monoisotopic (exact) mass is 312 g/mol. The molecule has 0 unspecified atom stereocenters. The normalized spacial score (nSPS) is 13.2. The van der Waals surface area contributed by atoms with Gasteiger partial charge in [-0.1, -0.05) is 6.92 Å². The highest BCUT2D eigenvalue weighted by atomic mass is 16.1. The molecule has 1 aliphatic heterocycles. The van der Waals surface area contributed by atoms with Crippen LogP contribution in [-0.4, -0.2) is 22.4 Å². The van der Waals surface area contributed by atoms with E-state index in [2.05, 4.69) is 31.5 Å². The van der Waals surface area contributed by atoms with Gasteiger partial charge in [-0.2, -0.15) is 4.98 Å². The Bertz CT molecular complexity index is 731. The lowest BCUT2D eigenvalue weighted by molar-refractivity contribution is -0.116. The highest BCUT2D eigenvalue weighted by molar-refractivity contribution is 5.94. The minimum atomic E-state index is 0.0687. The van der Waals surface area contributed by atoms with Crippen LogP contribution < -0.4 is 21.5 Å². The molecule has 0 fully saturated rings. The van der Waals surface area contributed by atoms with E-state index in [1.807, 2.05) is 32.0 Å². The zero-order chi connectivity index (χ0) is 16.2. The van der Waals surface area contributed by atoms with E-state index in [0.717, 1.165) is 41.3 Å². The quantitative estimate of drug-likeness (QED) is 0.634. The number of carbonyl (C=O) groups excluding carboxylic acids is 1. The summed E-state index contributed by atoms with van der Waals surface area (Å²) in [4.78, 5) is 20.2. The number of carbonyl (C=O) groups is 1. The number of hydrogen-bond donors (Lipinski definition) is 4. The zero-order valence-electron chi connectivity index (χ0n) is 13.2. The maximum Gasteiger partial charge on any atom is 0.229 e. The largest absolute Gasteiger partial charge is 0.326 e. The zero-order valence-corrected chi connectivity index (χ0v) is 13.2. The maximum atomic E-state index is 11.4. The SMILES string of the molecule is CCNNc1nc(Nc2ccc3c(c2)CCC(=O)N3)ncc1C. The molecule has 4 N–H and O–H groups in total. The standard InChI is InChI=1S/C16H20N6O/c1-3-18-22-15-10(2)9-17-16(21-15)19-12-5-6-13-11(8-12)4-7-14(23)20-13/h5-6,8-9,18H,3-4,7H2,1-2H3,(H,20,23)(H2,17,19,21,22). The fourth-order valence-electron chi connectivity index (χ4n) is 2.39. The Balaban J connectivity index is 1.78. The molecule has 23 heavy (non-hydrogen) atoms. The topological polar surface area (TPSA) is 91.0 Å². The number of hydrazine groups is 1. The third kappa shape index (κ3) is 3.57. The van der Waals surface area contributed by atoms with E-state index >= 15 is 0 Å². The van der Waals surface area contributed by atoms with Crippen LogP contribution in [0.2, 0.25) is 0 Å². The van der Waals surface area contributed by atoms with Crippen molar-refractivity contribution in [2.45, 2.75) is 26.7 Å². The van der Waals surface area contributed by atoms with E-state index in [1.165, 1.54) is 0 Å². The average Bonchev–Trinajstić information content (AvgIpc) is 2.55. The molecule has 0 aliphatic carbocycles. The maximum absolute atomic E-state index is 11.4. The van der Waals surface area contributed by atoms with Crippen LogP contribution >= 0.6 is 0 Å². The van der Waals surface area contributed by atoms with Gasteiger partial charge in [0.25, 0.3) is 0 Å². The number of nitrogens with zero attached hydrogens (tertiary/aromatic N) is 2. The second-order valence-corrected chi connectivity index (χ2v) is 5.43. The third-order valence-electron chi connectivity index (χ3n) is 3.61. The van der Waals surface area contributed by atoms with Crippen molar-refractivity contribution in [3.63, 3.8) is 0 Å². The van der Waals surface area contributed by atoms with Gasteiger partial charge in [0.15, 0.2) is 0 Å². The molecule has 7 heteroatoms. The first kappa shape index (κ1) is 15.2. The second kappa shape index (κ2) is 6.62. The lowest BCUT2D eigenvalue weighted by Gasteiger charge is -2.18. The third-order valence-corrected chi connectivity index (χ3v) is 3.61. The van der Waals surface area contributed by atoms with E-state index in [0.29, 0.717) is 12.4 Å². The Morgan fingerprint density at radius 1 is 1.30 bits per heavy atom. The molecule has 0 atom stereocenters. The van der Waals surface area contributed by atoms with Gasteiger partial charge in [0.2, 0.25) is 11.9 Å². The van der Waals surface area contributed by atoms with Gasteiger partial charge in [0.1, 0.15) is 5.82 Å².